The zero-order valence-electron chi connectivity index (χ0n) is 8.40. The van der Waals surface area contributed by atoms with Gasteiger partial charge in [0.2, 0.25) is 0 Å². The Kier molecular flexibility index (Phi) is 2.55. The van der Waals surface area contributed by atoms with Crippen LogP contribution in [-0.4, -0.2) is 23.4 Å². The van der Waals surface area contributed by atoms with E-state index in [1.165, 1.54) is 13.2 Å². The molecule has 2 N–H and O–H groups in total. The quantitative estimate of drug-likeness (QED) is 0.824. The third-order valence-corrected chi connectivity index (χ3v) is 2.26. The first-order valence-corrected chi connectivity index (χ1v) is 4.65. The molecule has 80 valence electrons. The van der Waals surface area contributed by atoms with E-state index in [1.54, 1.807) is 16.9 Å². The number of nitrogens with two attached hydrogens (primary N) is 1. The Labute approximate surface area is 86.4 Å². The molecule has 0 atom stereocenters. The van der Waals surface area contributed by atoms with Crippen molar-refractivity contribution in [3.8, 4) is 5.75 Å². The van der Waals surface area contributed by atoms with E-state index in [2.05, 4.69) is 5.10 Å². The number of rotatable bonds is 3. The van der Waals surface area contributed by atoms with E-state index >= 15 is 0 Å². The highest BCUT2D eigenvalue weighted by Gasteiger charge is 2.08. The number of nitrogens with zero attached hydrogens (tertiary/aromatic N) is 2. The van der Waals surface area contributed by atoms with Gasteiger partial charge in [-0.25, -0.2) is 4.39 Å². The lowest BCUT2D eigenvalue weighted by molar-refractivity contribution is 0.387. The van der Waals surface area contributed by atoms with Gasteiger partial charge in [0.15, 0.2) is 11.6 Å². The molecule has 1 heterocycles. The molecule has 2 aromatic rings. The van der Waals surface area contributed by atoms with Crippen molar-refractivity contribution in [3.63, 3.8) is 0 Å². The summed E-state index contributed by atoms with van der Waals surface area (Å²) in [6.07, 6.45) is 1.62. The fraction of sp³-hybridized carbons (Fsp3) is 0.300. The normalized spacial score (nSPS) is 10.9. The molecule has 0 aliphatic carbocycles. The van der Waals surface area contributed by atoms with E-state index in [4.69, 9.17) is 10.5 Å². The highest BCUT2D eigenvalue weighted by Crippen LogP contribution is 2.24. The Bertz CT molecular complexity index is 481. The van der Waals surface area contributed by atoms with Crippen molar-refractivity contribution >= 4 is 10.9 Å². The standard InChI is InChI=1S/C10H12FN3O/c1-15-10-5-9-7(4-8(10)11)6-13-14(9)3-2-12/h4-6H,2-3,12H2,1H3. The lowest BCUT2D eigenvalue weighted by atomic mass is 10.2. The first-order chi connectivity index (χ1) is 7.26. The number of ether oxygens (including phenoxy) is 1. The number of benzene rings is 1. The van der Waals surface area contributed by atoms with Crippen molar-refractivity contribution in [3.05, 3.63) is 24.1 Å². The maximum Gasteiger partial charge on any atom is 0.165 e. The molecule has 0 spiro atoms. The zero-order chi connectivity index (χ0) is 10.8. The smallest absolute Gasteiger partial charge is 0.165 e. The topological polar surface area (TPSA) is 53.1 Å². The molecule has 0 radical (unpaired) electrons. The third kappa shape index (κ3) is 1.66. The van der Waals surface area contributed by atoms with Crippen LogP contribution >= 0.6 is 0 Å². The van der Waals surface area contributed by atoms with Crippen LogP contribution in [0.4, 0.5) is 4.39 Å². The summed E-state index contributed by atoms with van der Waals surface area (Å²) in [5.41, 5.74) is 6.28. The summed E-state index contributed by atoms with van der Waals surface area (Å²) < 4.78 is 20.0. The zero-order valence-corrected chi connectivity index (χ0v) is 8.40. The molecule has 1 aromatic carbocycles. The molecular formula is C10H12FN3O. The maximum absolute atomic E-state index is 13.3. The number of fused-ring (bicyclic) bond motifs is 1. The Morgan fingerprint density at radius 2 is 2.33 bits per heavy atom. The van der Waals surface area contributed by atoms with E-state index in [0.29, 0.717) is 13.1 Å². The summed E-state index contributed by atoms with van der Waals surface area (Å²) in [7, 11) is 1.44. The molecule has 1 aromatic heterocycles. The van der Waals surface area contributed by atoms with Crippen LogP contribution in [-0.2, 0) is 6.54 Å². The summed E-state index contributed by atoms with van der Waals surface area (Å²) in [6, 6.07) is 3.04. The number of methoxy groups -OCH3 is 1. The Morgan fingerprint density at radius 1 is 1.53 bits per heavy atom. The van der Waals surface area contributed by atoms with Crippen molar-refractivity contribution in [1.82, 2.24) is 9.78 Å². The minimum Gasteiger partial charge on any atom is -0.494 e. The van der Waals surface area contributed by atoms with Gasteiger partial charge in [0.1, 0.15) is 0 Å². The molecule has 2 rings (SSSR count). The van der Waals surface area contributed by atoms with Crippen molar-refractivity contribution in [2.45, 2.75) is 6.54 Å². The second-order valence-electron chi connectivity index (χ2n) is 3.20. The Balaban J connectivity index is 2.58. The molecule has 4 nitrogen and oxygen atoms in total. The summed E-state index contributed by atoms with van der Waals surface area (Å²) in [5.74, 6) is -0.154. The molecule has 0 aliphatic rings. The van der Waals surface area contributed by atoms with Gasteiger partial charge < -0.3 is 10.5 Å². The van der Waals surface area contributed by atoms with Crippen LogP contribution in [0.15, 0.2) is 18.3 Å². The van der Waals surface area contributed by atoms with E-state index in [-0.39, 0.29) is 11.6 Å². The summed E-state index contributed by atoms with van der Waals surface area (Å²) in [4.78, 5) is 0. The van der Waals surface area contributed by atoms with Gasteiger partial charge in [0.25, 0.3) is 0 Å². The maximum atomic E-state index is 13.3. The van der Waals surface area contributed by atoms with Gasteiger partial charge in [-0.1, -0.05) is 0 Å². The van der Waals surface area contributed by atoms with E-state index < -0.39 is 0 Å². The van der Waals surface area contributed by atoms with E-state index in [0.717, 1.165) is 10.9 Å². The minimum absolute atomic E-state index is 0.223. The predicted octanol–water partition coefficient (Wildman–Crippen LogP) is 1.14. The SMILES string of the molecule is COc1cc2c(cnn2CCN)cc1F. The van der Waals surface area contributed by atoms with Gasteiger partial charge in [-0.15, -0.1) is 0 Å². The number of hydrogen-bond acceptors (Lipinski definition) is 3. The fourth-order valence-electron chi connectivity index (χ4n) is 1.54. The summed E-state index contributed by atoms with van der Waals surface area (Å²) in [5, 5.41) is 4.87. The van der Waals surface area contributed by atoms with Gasteiger partial charge in [-0.3, -0.25) is 4.68 Å². The van der Waals surface area contributed by atoms with Crippen LogP contribution in [0.2, 0.25) is 0 Å². The molecule has 0 saturated heterocycles. The third-order valence-electron chi connectivity index (χ3n) is 2.26. The number of hydrogen-bond donors (Lipinski definition) is 1. The summed E-state index contributed by atoms with van der Waals surface area (Å²) in [6.45, 7) is 1.11. The monoisotopic (exact) mass is 209 g/mol. The molecule has 0 saturated carbocycles. The Hall–Kier alpha value is -1.62. The molecule has 0 bridgehead atoms. The lowest BCUT2D eigenvalue weighted by Gasteiger charge is -2.04. The molecule has 0 fully saturated rings. The predicted molar refractivity (Wildman–Crippen MR) is 55.3 cm³/mol. The van der Waals surface area contributed by atoms with E-state index in [9.17, 15) is 4.39 Å². The van der Waals surface area contributed by atoms with Crippen molar-refractivity contribution in [2.75, 3.05) is 13.7 Å². The molecular weight excluding hydrogens is 197 g/mol. The minimum atomic E-state index is -0.378. The van der Waals surface area contributed by atoms with Gasteiger partial charge in [-0.05, 0) is 6.07 Å². The second kappa shape index (κ2) is 3.86. The summed E-state index contributed by atoms with van der Waals surface area (Å²) >= 11 is 0. The molecule has 0 unspecified atom stereocenters. The van der Waals surface area contributed by atoms with Crippen LogP contribution in [0, 0.1) is 5.82 Å². The number of aromatic nitrogens is 2. The molecule has 15 heavy (non-hydrogen) atoms. The fourth-order valence-corrected chi connectivity index (χ4v) is 1.54. The average Bonchev–Trinajstić information content (AvgIpc) is 2.60. The van der Waals surface area contributed by atoms with Crippen LogP contribution in [0.25, 0.3) is 10.9 Å². The molecule has 0 amide bonds. The molecule has 5 heteroatoms. The van der Waals surface area contributed by atoms with Crippen LogP contribution in [0.5, 0.6) is 5.75 Å². The van der Waals surface area contributed by atoms with Crippen LogP contribution in [0.1, 0.15) is 0 Å². The van der Waals surface area contributed by atoms with Gasteiger partial charge in [0, 0.05) is 18.0 Å². The lowest BCUT2D eigenvalue weighted by Crippen LogP contribution is -2.10. The van der Waals surface area contributed by atoms with Crippen molar-refractivity contribution < 1.29 is 9.13 Å². The first-order valence-electron chi connectivity index (χ1n) is 4.65. The number of halogens is 1. The highest BCUT2D eigenvalue weighted by molar-refractivity contribution is 5.80. The van der Waals surface area contributed by atoms with Gasteiger partial charge >= 0.3 is 0 Å². The Morgan fingerprint density at radius 3 is 3.00 bits per heavy atom. The highest BCUT2D eigenvalue weighted by atomic mass is 19.1. The van der Waals surface area contributed by atoms with Crippen molar-refractivity contribution in [2.24, 2.45) is 5.73 Å². The molecule has 0 aliphatic heterocycles. The van der Waals surface area contributed by atoms with Crippen LogP contribution < -0.4 is 10.5 Å². The van der Waals surface area contributed by atoms with E-state index in [1.807, 2.05) is 0 Å². The van der Waals surface area contributed by atoms with Gasteiger partial charge in [0.05, 0.1) is 25.4 Å². The largest absolute Gasteiger partial charge is 0.494 e. The first kappa shape index (κ1) is 9.92. The second-order valence-corrected chi connectivity index (χ2v) is 3.20. The van der Waals surface area contributed by atoms with Gasteiger partial charge in [-0.2, -0.15) is 5.10 Å². The van der Waals surface area contributed by atoms with Crippen molar-refractivity contribution in [1.29, 1.82) is 0 Å². The average molecular weight is 209 g/mol. The van der Waals surface area contributed by atoms with Crippen LogP contribution in [0.3, 0.4) is 0 Å².